The molecular weight excluding hydrogens is 371 g/mol. The van der Waals surface area contributed by atoms with Gasteiger partial charge in [-0.2, -0.15) is 9.65 Å². The second-order valence-corrected chi connectivity index (χ2v) is 8.76. The van der Waals surface area contributed by atoms with Gasteiger partial charge < -0.3 is 0 Å². The summed E-state index contributed by atoms with van der Waals surface area (Å²) in [5.74, 6) is -0.175. The van der Waals surface area contributed by atoms with Crippen LogP contribution in [0.2, 0.25) is 0 Å². The molecule has 156 valence electrons. The molecule has 1 nitrogen and oxygen atoms in total. The van der Waals surface area contributed by atoms with E-state index in [1.807, 2.05) is 0 Å². The first-order valence-corrected chi connectivity index (χ1v) is 10.9. The highest BCUT2D eigenvalue weighted by atomic mass is 19.2. The Balaban J connectivity index is 1.43. The van der Waals surface area contributed by atoms with Crippen LogP contribution in [0.3, 0.4) is 0 Å². The van der Waals surface area contributed by atoms with Crippen LogP contribution in [0.25, 0.3) is 0 Å². The molecule has 0 N–H and O–H groups in total. The normalized spacial score (nSPS) is 28.0. The van der Waals surface area contributed by atoms with Gasteiger partial charge in [0.25, 0.3) is 0 Å². The maximum absolute atomic E-state index is 13.5. The molecular formula is C25H30F3N. The summed E-state index contributed by atoms with van der Waals surface area (Å²) in [6.07, 6.45) is 11.7. The van der Waals surface area contributed by atoms with E-state index in [9.17, 15) is 13.2 Å². The minimum Gasteiger partial charge on any atom is -0.204 e. The van der Waals surface area contributed by atoms with E-state index in [1.54, 1.807) is 6.07 Å². The van der Waals surface area contributed by atoms with Crippen molar-refractivity contribution in [3.63, 3.8) is 0 Å². The molecule has 0 spiro atoms. The molecule has 1 aromatic carbocycles. The molecule has 2 fully saturated rings. The number of hydrogen-bond acceptors (Lipinski definition) is 1. The van der Waals surface area contributed by atoms with E-state index in [1.165, 1.54) is 29.9 Å². The second-order valence-electron chi connectivity index (χ2n) is 8.76. The lowest BCUT2D eigenvalue weighted by molar-refractivity contribution is 0.260. The van der Waals surface area contributed by atoms with Gasteiger partial charge in [0.15, 0.2) is 17.5 Å². The fourth-order valence-electron chi connectivity index (χ4n) is 5.21. The average Bonchev–Trinajstić information content (AvgIpc) is 2.75. The zero-order chi connectivity index (χ0) is 20.8. The van der Waals surface area contributed by atoms with Gasteiger partial charge in [0.05, 0.1) is 0 Å². The number of halogens is 3. The van der Waals surface area contributed by atoms with Crippen molar-refractivity contribution >= 4 is 0 Å². The van der Waals surface area contributed by atoms with Crippen LogP contribution < -0.4 is 0 Å². The van der Waals surface area contributed by atoms with Gasteiger partial charge in [0.1, 0.15) is 6.07 Å². The van der Waals surface area contributed by atoms with E-state index in [2.05, 4.69) is 6.58 Å². The summed E-state index contributed by atoms with van der Waals surface area (Å²) in [7, 11) is 0. The topological polar surface area (TPSA) is 23.8 Å². The molecule has 0 saturated heterocycles. The van der Waals surface area contributed by atoms with E-state index in [-0.39, 0.29) is 0 Å². The van der Waals surface area contributed by atoms with Crippen molar-refractivity contribution < 1.29 is 13.2 Å². The largest absolute Gasteiger partial charge is 0.204 e. The zero-order valence-corrected chi connectivity index (χ0v) is 17.0. The molecule has 0 aromatic heterocycles. The van der Waals surface area contributed by atoms with Gasteiger partial charge in [-0.3, -0.25) is 0 Å². The maximum atomic E-state index is 13.5. The van der Waals surface area contributed by atoms with Gasteiger partial charge in [-0.1, -0.05) is 18.2 Å². The molecule has 0 aliphatic heterocycles. The van der Waals surface area contributed by atoms with Gasteiger partial charge in [0.2, 0.25) is 0 Å². The van der Waals surface area contributed by atoms with Crippen molar-refractivity contribution in [3.8, 4) is 6.07 Å². The third-order valence-corrected chi connectivity index (χ3v) is 7.04. The standard InChI is InChI=1S/C25H30F3N/c1-17(19-7-5-18(6-8-19)3-2-4-23(26)16-29)20-9-11-21(12-10-20)22-13-14-24(27)25(28)15-22/h4,13-15,18-21H,1-3,5-12H2/b23-4-. The predicted molar refractivity (Wildman–Crippen MR) is 110 cm³/mol. The minimum absolute atomic E-state index is 0.312. The second kappa shape index (κ2) is 10.1. The van der Waals surface area contributed by atoms with Crippen LogP contribution in [0.1, 0.15) is 75.7 Å². The SMILES string of the molecule is C=C(C1CCC(CC/C=C(\F)C#N)CC1)C1CCC(c2ccc(F)c(F)c2)CC1. The summed E-state index contributed by atoms with van der Waals surface area (Å²) in [5.41, 5.74) is 2.29. The average molecular weight is 402 g/mol. The Morgan fingerprint density at radius 3 is 2.21 bits per heavy atom. The minimum atomic E-state index is -0.780. The highest BCUT2D eigenvalue weighted by molar-refractivity contribution is 5.23. The number of hydrogen-bond donors (Lipinski definition) is 0. The highest BCUT2D eigenvalue weighted by Crippen LogP contribution is 2.44. The molecule has 1 aromatic rings. The molecule has 0 atom stereocenters. The molecule has 2 aliphatic carbocycles. The fourth-order valence-corrected chi connectivity index (χ4v) is 5.21. The summed E-state index contributed by atoms with van der Waals surface area (Å²) >= 11 is 0. The van der Waals surface area contributed by atoms with Crippen molar-refractivity contribution in [2.45, 2.75) is 70.1 Å². The number of nitrogens with zero attached hydrogens (tertiary/aromatic N) is 1. The van der Waals surface area contributed by atoms with Crippen LogP contribution in [-0.4, -0.2) is 0 Å². The molecule has 29 heavy (non-hydrogen) atoms. The van der Waals surface area contributed by atoms with Crippen molar-refractivity contribution in [2.75, 3.05) is 0 Å². The Bertz CT molecular complexity index is 776. The van der Waals surface area contributed by atoms with Crippen LogP contribution in [0.5, 0.6) is 0 Å². The van der Waals surface area contributed by atoms with E-state index in [0.29, 0.717) is 30.1 Å². The smallest absolute Gasteiger partial charge is 0.196 e. The zero-order valence-electron chi connectivity index (χ0n) is 17.0. The first-order chi connectivity index (χ1) is 14.0. The summed E-state index contributed by atoms with van der Waals surface area (Å²) in [6.45, 7) is 4.44. The van der Waals surface area contributed by atoms with Crippen LogP contribution in [0, 0.1) is 40.7 Å². The van der Waals surface area contributed by atoms with Crippen LogP contribution in [-0.2, 0) is 0 Å². The quantitative estimate of drug-likeness (QED) is 0.353. The molecule has 2 aliphatic rings. The lowest BCUT2D eigenvalue weighted by Gasteiger charge is -2.36. The fraction of sp³-hybridized carbons (Fsp3) is 0.560. The molecule has 2 saturated carbocycles. The van der Waals surface area contributed by atoms with Gasteiger partial charge >= 0.3 is 0 Å². The molecule has 0 heterocycles. The number of rotatable bonds is 6. The predicted octanol–water partition coefficient (Wildman–Crippen LogP) is 7.76. The third kappa shape index (κ3) is 5.75. The first-order valence-electron chi connectivity index (χ1n) is 10.9. The summed E-state index contributed by atoms with van der Waals surface area (Å²) in [4.78, 5) is 0. The summed E-state index contributed by atoms with van der Waals surface area (Å²) in [5, 5.41) is 8.46. The molecule has 0 radical (unpaired) electrons. The summed E-state index contributed by atoms with van der Waals surface area (Å²) in [6, 6.07) is 5.84. The first kappa shape index (κ1) is 21.7. The van der Waals surface area contributed by atoms with Crippen LogP contribution >= 0.6 is 0 Å². The van der Waals surface area contributed by atoms with Gasteiger partial charge in [0, 0.05) is 0 Å². The number of allylic oxidation sites excluding steroid dienone is 3. The Hall–Kier alpha value is -2.02. The molecule has 3 rings (SSSR count). The van der Waals surface area contributed by atoms with Crippen molar-refractivity contribution in [1.82, 2.24) is 0 Å². The number of benzene rings is 1. The van der Waals surface area contributed by atoms with Gasteiger partial charge in [-0.25, -0.2) is 8.78 Å². The maximum Gasteiger partial charge on any atom is 0.196 e. The Morgan fingerprint density at radius 1 is 1.00 bits per heavy atom. The number of nitriles is 1. The van der Waals surface area contributed by atoms with Gasteiger partial charge in [-0.15, -0.1) is 0 Å². The lowest BCUT2D eigenvalue weighted by atomic mass is 9.69. The van der Waals surface area contributed by atoms with E-state index < -0.39 is 17.5 Å². The lowest BCUT2D eigenvalue weighted by Crippen LogP contribution is -2.22. The van der Waals surface area contributed by atoms with Crippen molar-refractivity contribution in [1.29, 1.82) is 5.26 Å². The molecule has 0 bridgehead atoms. The highest BCUT2D eigenvalue weighted by Gasteiger charge is 2.30. The monoisotopic (exact) mass is 401 g/mol. The van der Waals surface area contributed by atoms with E-state index in [0.717, 1.165) is 63.4 Å². The van der Waals surface area contributed by atoms with E-state index >= 15 is 0 Å². The van der Waals surface area contributed by atoms with Gasteiger partial charge in [-0.05, 0) is 112 Å². The third-order valence-electron chi connectivity index (χ3n) is 7.04. The van der Waals surface area contributed by atoms with Crippen molar-refractivity contribution in [3.05, 3.63) is 59.5 Å². The Morgan fingerprint density at radius 2 is 1.62 bits per heavy atom. The summed E-state index contributed by atoms with van der Waals surface area (Å²) < 4.78 is 39.6. The van der Waals surface area contributed by atoms with Crippen molar-refractivity contribution in [2.24, 2.45) is 17.8 Å². The Labute approximate surface area is 172 Å². The van der Waals surface area contributed by atoms with E-state index in [4.69, 9.17) is 5.26 Å². The Kier molecular flexibility index (Phi) is 7.58. The molecule has 0 unspecified atom stereocenters. The van der Waals surface area contributed by atoms with Crippen LogP contribution in [0.4, 0.5) is 13.2 Å². The molecule has 4 heteroatoms. The molecule has 0 amide bonds. The van der Waals surface area contributed by atoms with Crippen LogP contribution in [0.15, 0.2) is 42.3 Å².